The van der Waals surface area contributed by atoms with E-state index in [2.05, 4.69) is 4.98 Å². The van der Waals surface area contributed by atoms with Crippen molar-refractivity contribution in [1.29, 1.82) is 0 Å². The molecule has 3 N–H and O–H groups in total. The SMILES string of the molecule is COC1[C@@H](OP(=O)(O)O)[C@@H](CC(C)(C)C)O[C@H]1n1ccc(=O)[nH]c1=O. The Labute approximate surface area is 144 Å². The van der Waals surface area contributed by atoms with Gasteiger partial charge in [-0.15, -0.1) is 0 Å². The van der Waals surface area contributed by atoms with Crippen molar-refractivity contribution in [2.24, 2.45) is 5.41 Å². The number of aromatic amines is 1. The average Bonchev–Trinajstić information content (AvgIpc) is 2.72. The van der Waals surface area contributed by atoms with Gasteiger partial charge < -0.3 is 19.3 Å². The highest BCUT2D eigenvalue weighted by Gasteiger charge is 2.50. The van der Waals surface area contributed by atoms with Crippen molar-refractivity contribution in [2.45, 2.75) is 51.7 Å². The minimum absolute atomic E-state index is 0.232. The Balaban J connectivity index is 2.42. The number of H-pyrrole nitrogens is 1. The third kappa shape index (κ3) is 5.10. The molecule has 0 bridgehead atoms. The standard InChI is InChI=1S/C14H23N2O8P/c1-14(2,3)7-8-10(24-25(19,20)21)11(22-4)12(23-8)16-6-5-9(17)15-13(16)18/h5-6,8,10-12H,7H2,1-4H3,(H,15,17,18)(H2,19,20,21)/t8-,10+,11?,12-/m1/s1. The normalized spacial score (nSPS) is 27.6. The maximum atomic E-state index is 12.0. The van der Waals surface area contributed by atoms with Gasteiger partial charge in [0.25, 0.3) is 5.56 Å². The molecular weight excluding hydrogens is 355 g/mol. The van der Waals surface area contributed by atoms with E-state index in [9.17, 15) is 23.9 Å². The minimum Gasteiger partial charge on any atom is -0.374 e. The monoisotopic (exact) mass is 378 g/mol. The summed E-state index contributed by atoms with van der Waals surface area (Å²) in [5.41, 5.74) is -1.52. The molecule has 1 aromatic rings. The van der Waals surface area contributed by atoms with E-state index < -0.39 is 43.6 Å². The Morgan fingerprint density at radius 1 is 1.32 bits per heavy atom. The number of hydrogen-bond donors (Lipinski definition) is 3. The molecule has 1 aromatic heterocycles. The van der Waals surface area contributed by atoms with Crippen molar-refractivity contribution < 1.29 is 28.3 Å². The summed E-state index contributed by atoms with van der Waals surface area (Å²) in [5.74, 6) is 0. The van der Waals surface area contributed by atoms with Crippen LogP contribution < -0.4 is 11.2 Å². The number of nitrogens with one attached hydrogen (secondary N) is 1. The first kappa shape index (κ1) is 20.0. The Kier molecular flexibility index (Phi) is 5.72. The largest absolute Gasteiger partial charge is 0.470 e. The highest BCUT2D eigenvalue weighted by Crippen LogP contribution is 2.46. The third-order valence-corrected chi connectivity index (χ3v) is 4.27. The summed E-state index contributed by atoms with van der Waals surface area (Å²) in [5, 5.41) is 0. The molecule has 0 amide bonds. The van der Waals surface area contributed by atoms with Gasteiger partial charge in [0.1, 0.15) is 12.2 Å². The van der Waals surface area contributed by atoms with Crippen LogP contribution in [0, 0.1) is 5.41 Å². The Bertz CT molecular complexity index is 761. The van der Waals surface area contributed by atoms with Crippen LogP contribution >= 0.6 is 7.82 Å². The first-order valence-electron chi connectivity index (χ1n) is 7.65. The van der Waals surface area contributed by atoms with Crippen LogP contribution in [0.1, 0.15) is 33.4 Å². The molecule has 0 aromatic carbocycles. The maximum absolute atomic E-state index is 12.0. The molecular formula is C14H23N2O8P. The first-order valence-corrected chi connectivity index (χ1v) is 9.18. The minimum atomic E-state index is -4.81. The molecule has 0 radical (unpaired) electrons. The molecule has 11 heteroatoms. The van der Waals surface area contributed by atoms with Gasteiger partial charge in [-0.1, -0.05) is 20.8 Å². The highest BCUT2D eigenvalue weighted by molar-refractivity contribution is 7.46. The number of hydrogen-bond acceptors (Lipinski definition) is 6. The molecule has 1 unspecified atom stereocenters. The molecule has 10 nitrogen and oxygen atoms in total. The van der Waals surface area contributed by atoms with Gasteiger partial charge in [0.15, 0.2) is 6.23 Å². The maximum Gasteiger partial charge on any atom is 0.470 e. The first-order chi connectivity index (χ1) is 11.4. The van der Waals surface area contributed by atoms with Crippen molar-refractivity contribution in [3.05, 3.63) is 33.1 Å². The predicted molar refractivity (Wildman–Crippen MR) is 87.0 cm³/mol. The number of phosphoric ester groups is 1. The molecule has 2 heterocycles. The van der Waals surface area contributed by atoms with E-state index in [1.54, 1.807) is 0 Å². The predicted octanol–water partition coefficient (Wildman–Crippen LogP) is 0.363. The fourth-order valence-electron chi connectivity index (χ4n) is 2.86. The van der Waals surface area contributed by atoms with E-state index in [0.29, 0.717) is 6.42 Å². The molecule has 1 aliphatic heterocycles. The van der Waals surface area contributed by atoms with Crippen LogP contribution in [0.15, 0.2) is 21.9 Å². The number of rotatable bonds is 5. The lowest BCUT2D eigenvalue weighted by Gasteiger charge is -2.27. The van der Waals surface area contributed by atoms with Gasteiger partial charge in [0.05, 0.1) is 6.10 Å². The summed E-state index contributed by atoms with van der Waals surface area (Å²) in [6, 6.07) is 1.15. The zero-order valence-electron chi connectivity index (χ0n) is 14.4. The summed E-state index contributed by atoms with van der Waals surface area (Å²) < 4.78 is 28.5. The van der Waals surface area contributed by atoms with Crippen LogP contribution in [0.3, 0.4) is 0 Å². The zero-order chi connectivity index (χ0) is 19.0. The Hall–Kier alpha value is -1.29. The van der Waals surface area contributed by atoms with Crippen molar-refractivity contribution >= 4 is 7.82 Å². The zero-order valence-corrected chi connectivity index (χ0v) is 15.3. The van der Waals surface area contributed by atoms with E-state index in [1.165, 1.54) is 13.3 Å². The molecule has 2 rings (SSSR count). The molecule has 0 spiro atoms. The van der Waals surface area contributed by atoms with Gasteiger partial charge in [-0.05, 0) is 11.8 Å². The Morgan fingerprint density at radius 2 is 1.96 bits per heavy atom. The van der Waals surface area contributed by atoms with Crippen LogP contribution in [-0.4, -0.2) is 44.8 Å². The molecule has 1 aliphatic rings. The van der Waals surface area contributed by atoms with Gasteiger partial charge in [-0.2, -0.15) is 0 Å². The number of aromatic nitrogens is 2. The molecule has 25 heavy (non-hydrogen) atoms. The second-order valence-corrected chi connectivity index (χ2v) is 8.30. The second kappa shape index (κ2) is 7.14. The van der Waals surface area contributed by atoms with Crippen LogP contribution in [0.25, 0.3) is 0 Å². The van der Waals surface area contributed by atoms with E-state index in [4.69, 9.17) is 14.0 Å². The van der Waals surface area contributed by atoms with Crippen molar-refractivity contribution in [1.82, 2.24) is 9.55 Å². The van der Waals surface area contributed by atoms with E-state index in [1.807, 2.05) is 20.8 Å². The summed E-state index contributed by atoms with van der Waals surface area (Å²) in [6.07, 6.45) is -2.12. The van der Waals surface area contributed by atoms with Crippen molar-refractivity contribution in [3.63, 3.8) is 0 Å². The van der Waals surface area contributed by atoms with E-state index in [0.717, 1.165) is 10.6 Å². The van der Waals surface area contributed by atoms with Crippen LogP contribution in [-0.2, 0) is 18.6 Å². The molecule has 0 aliphatic carbocycles. The smallest absolute Gasteiger partial charge is 0.374 e. The quantitative estimate of drug-likeness (QED) is 0.624. The summed E-state index contributed by atoms with van der Waals surface area (Å²) in [4.78, 5) is 43.8. The summed E-state index contributed by atoms with van der Waals surface area (Å²) in [7, 11) is -3.48. The van der Waals surface area contributed by atoms with Crippen molar-refractivity contribution in [3.8, 4) is 0 Å². The topological polar surface area (TPSA) is 140 Å². The molecule has 142 valence electrons. The van der Waals surface area contributed by atoms with Crippen molar-refractivity contribution in [2.75, 3.05) is 7.11 Å². The third-order valence-electron chi connectivity index (χ3n) is 3.76. The lowest BCUT2D eigenvalue weighted by atomic mass is 9.87. The van der Waals surface area contributed by atoms with Gasteiger partial charge in [-0.3, -0.25) is 18.9 Å². The van der Waals surface area contributed by atoms with E-state index >= 15 is 0 Å². The average molecular weight is 378 g/mol. The lowest BCUT2D eigenvalue weighted by molar-refractivity contribution is -0.0593. The number of methoxy groups -OCH3 is 1. The van der Waals surface area contributed by atoms with Gasteiger partial charge >= 0.3 is 13.5 Å². The van der Waals surface area contributed by atoms with Crippen LogP contribution in [0.4, 0.5) is 0 Å². The Morgan fingerprint density at radius 3 is 2.44 bits per heavy atom. The van der Waals surface area contributed by atoms with E-state index in [-0.39, 0.29) is 5.41 Å². The molecule has 1 saturated heterocycles. The number of nitrogens with zero attached hydrogens (tertiary/aromatic N) is 1. The highest BCUT2D eigenvalue weighted by atomic mass is 31.2. The number of ether oxygens (including phenoxy) is 2. The van der Waals surface area contributed by atoms with Gasteiger partial charge in [0, 0.05) is 19.4 Å². The molecule has 0 saturated carbocycles. The lowest BCUT2D eigenvalue weighted by Crippen LogP contribution is -2.39. The summed E-state index contributed by atoms with van der Waals surface area (Å²) in [6.45, 7) is 5.81. The van der Waals surface area contributed by atoms with Crippen LogP contribution in [0.2, 0.25) is 0 Å². The summed E-state index contributed by atoms with van der Waals surface area (Å²) >= 11 is 0. The van der Waals surface area contributed by atoms with Gasteiger partial charge in [0.2, 0.25) is 0 Å². The van der Waals surface area contributed by atoms with Gasteiger partial charge in [-0.25, -0.2) is 9.36 Å². The number of phosphoric acid groups is 1. The van der Waals surface area contributed by atoms with Crippen LogP contribution in [0.5, 0.6) is 0 Å². The fourth-order valence-corrected chi connectivity index (χ4v) is 3.44. The second-order valence-electron chi connectivity index (χ2n) is 7.11. The molecule has 1 fully saturated rings. The fraction of sp³-hybridized carbons (Fsp3) is 0.714. The molecule has 4 atom stereocenters.